The van der Waals surface area contributed by atoms with Crippen molar-refractivity contribution < 1.29 is 17.9 Å². The van der Waals surface area contributed by atoms with Gasteiger partial charge in [0.05, 0.1) is 5.56 Å². The topological polar surface area (TPSA) is 34.1 Å². The van der Waals surface area contributed by atoms with Crippen molar-refractivity contribution in [1.82, 2.24) is 4.98 Å². The predicted molar refractivity (Wildman–Crippen MR) is 77.7 cm³/mol. The van der Waals surface area contributed by atoms with Crippen LogP contribution in [0.3, 0.4) is 0 Å². The Balaban J connectivity index is 2.36. The largest absolute Gasteiger partial charge is 0.439 e. The molecule has 0 unspecified atom stereocenters. The molecule has 0 spiro atoms. The normalized spacial score (nSPS) is 11.3. The summed E-state index contributed by atoms with van der Waals surface area (Å²) in [5, 5.41) is 2.59. The summed E-state index contributed by atoms with van der Waals surface area (Å²) in [6, 6.07) is 6.93. The molecule has 0 aliphatic rings. The van der Waals surface area contributed by atoms with Crippen LogP contribution in [0, 0.1) is 6.92 Å². The Kier molecular flexibility index (Phi) is 4.41. The molecule has 21 heavy (non-hydrogen) atoms. The fourth-order valence-electron chi connectivity index (χ4n) is 1.65. The third-order valence-electron chi connectivity index (χ3n) is 2.74. The maximum Gasteiger partial charge on any atom is 0.416 e. The van der Waals surface area contributed by atoms with Crippen molar-refractivity contribution in [2.24, 2.45) is 0 Å². The smallest absolute Gasteiger partial charge is 0.416 e. The third-order valence-corrected chi connectivity index (χ3v) is 3.63. The zero-order valence-corrected chi connectivity index (χ0v) is 12.8. The summed E-state index contributed by atoms with van der Waals surface area (Å²) in [6.07, 6.45) is -4.46. The van der Waals surface area contributed by atoms with Crippen LogP contribution in [0.15, 0.2) is 34.8 Å². The Morgan fingerprint density at radius 1 is 1.19 bits per heavy atom. The zero-order chi connectivity index (χ0) is 15.6. The van der Waals surface area contributed by atoms with Gasteiger partial charge in [0.1, 0.15) is 11.6 Å². The van der Waals surface area contributed by atoms with E-state index in [1.807, 2.05) is 6.92 Å². The first-order valence-corrected chi connectivity index (χ1v) is 6.80. The van der Waals surface area contributed by atoms with Gasteiger partial charge in [-0.15, -0.1) is 0 Å². The van der Waals surface area contributed by atoms with Crippen molar-refractivity contribution in [3.8, 4) is 11.6 Å². The number of anilines is 1. The number of hydrogen-bond acceptors (Lipinski definition) is 3. The fraction of sp³-hybridized carbons (Fsp3) is 0.214. The molecule has 0 radical (unpaired) electrons. The van der Waals surface area contributed by atoms with Gasteiger partial charge < -0.3 is 10.1 Å². The molecule has 1 N–H and O–H groups in total. The Morgan fingerprint density at radius 3 is 2.48 bits per heavy atom. The lowest BCUT2D eigenvalue weighted by Crippen LogP contribution is -2.07. The average Bonchev–Trinajstić information content (AvgIpc) is 2.41. The number of rotatable bonds is 3. The van der Waals surface area contributed by atoms with E-state index in [-0.39, 0.29) is 11.7 Å². The average molecular weight is 361 g/mol. The second-order valence-corrected chi connectivity index (χ2v) is 5.19. The Labute approximate surface area is 128 Å². The van der Waals surface area contributed by atoms with Crippen molar-refractivity contribution in [2.75, 3.05) is 12.4 Å². The van der Waals surface area contributed by atoms with E-state index in [2.05, 4.69) is 26.2 Å². The molecule has 0 amide bonds. The monoisotopic (exact) mass is 360 g/mol. The van der Waals surface area contributed by atoms with Crippen LogP contribution < -0.4 is 10.1 Å². The van der Waals surface area contributed by atoms with Crippen molar-refractivity contribution >= 4 is 21.7 Å². The van der Waals surface area contributed by atoms with Crippen molar-refractivity contribution in [3.63, 3.8) is 0 Å². The van der Waals surface area contributed by atoms with E-state index in [1.54, 1.807) is 18.2 Å². The van der Waals surface area contributed by atoms with E-state index in [9.17, 15) is 13.2 Å². The Hall–Kier alpha value is -1.76. The predicted octanol–water partition coefficient (Wildman–Crippen LogP) is 5.01. The van der Waals surface area contributed by atoms with Crippen LogP contribution >= 0.6 is 15.9 Å². The molecular formula is C14H12BrF3N2O. The SMILES string of the molecule is CNc1cc(C(F)(F)F)cc(Oc2ccc(Br)c(C)c2)n1. The number of aromatic nitrogens is 1. The molecule has 1 heterocycles. The van der Waals surface area contributed by atoms with Gasteiger partial charge in [-0.2, -0.15) is 18.2 Å². The number of alkyl halides is 3. The Bertz CT molecular complexity index is 659. The van der Waals surface area contributed by atoms with Crippen molar-refractivity contribution in [3.05, 3.63) is 45.9 Å². The molecule has 2 aromatic rings. The summed E-state index contributed by atoms with van der Waals surface area (Å²) >= 11 is 3.35. The van der Waals surface area contributed by atoms with Crippen LogP contribution in [0.25, 0.3) is 0 Å². The summed E-state index contributed by atoms with van der Waals surface area (Å²) < 4.78 is 44.8. The summed E-state index contributed by atoms with van der Waals surface area (Å²) in [5.74, 6) is 0.397. The highest BCUT2D eigenvalue weighted by Crippen LogP contribution is 2.34. The van der Waals surface area contributed by atoms with Gasteiger partial charge in [-0.1, -0.05) is 15.9 Å². The van der Waals surface area contributed by atoms with Crippen LogP contribution in [-0.2, 0) is 6.18 Å². The highest BCUT2D eigenvalue weighted by atomic mass is 79.9. The van der Waals surface area contributed by atoms with E-state index in [4.69, 9.17) is 4.74 Å². The molecule has 0 fully saturated rings. The van der Waals surface area contributed by atoms with Crippen LogP contribution in [-0.4, -0.2) is 12.0 Å². The number of ether oxygens (including phenoxy) is 1. The van der Waals surface area contributed by atoms with Crippen LogP contribution in [0.4, 0.5) is 19.0 Å². The summed E-state index contributed by atoms with van der Waals surface area (Å²) in [5.41, 5.74) is 0.0963. The van der Waals surface area contributed by atoms with Gasteiger partial charge in [0.25, 0.3) is 0 Å². The number of aryl methyl sites for hydroxylation is 1. The lowest BCUT2D eigenvalue weighted by atomic mass is 10.2. The number of pyridine rings is 1. The second-order valence-electron chi connectivity index (χ2n) is 4.34. The molecule has 0 aliphatic carbocycles. The van der Waals surface area contributed by atoms with Crippen LogP contribution in [0.1, 0.15) is 11.1 Å². The van der Waals surface area contributed by atoms with Gasteiger partial charge >= 0.3 is 6.18 Å². The zero-order valence-electron chi connectivity index (χ0n) is 11.3. The quantitative estimate of drug-likeness (QED) is 0.835. The minimum Gasteiger partial charge on any atom is -0.439 e. The molecular weight excluding hydrogens is 349 g/mol. The maximum absolute atomic E-state index is 12.8. The molecule has 0 saturated carbocycles. The summed E-state index contributed by atoms with van der Waals surface area (Å²) in [4.78, 5) is 3.97. The molecule has 2 rings (SSSR count). The third kappa shape index (κ3) is 3.87. The number of hydrogen-bond donors (Lipinski definition) is 1. The van der Waals surface area contributed by atoms with E-state index in [1.165, 1.54) is 7.05 Å². The fourth-order valence-corrected chi connectivity index (χ4v) is 1.90. The molecule has 1 aromatic carbocycles. The molecule has 1 aromatic heterocycles. The van der Waals surface area contributed by atoms with E-state index in [0.717, 1.165) is 22.2 Å². The molecule has 0 aliphatic heterocycles. The minimum atomic E-state index is -4.46. The Morgan fingerprint density at radius 2 is 1.90 bits per heavy atom. The highest BCUT2D eigenvalue weighted by molar-refractivity contribution is 9.10. The van der Waals surface area contributed by atoms with Crippen molar-refractivity contribution in [2.45, 2.75) is 13.1 Å². The summed E-state index contributed by atoms with van der Waals surface area (Å²) in [6.45, 7) is 1.86. The molecule has 112 valence electrons. The lowest BCUT2D eigenvalue weighted by Gasteiger charge is -2.12. The van der Waals surface area contributed by atoms with Gasteiger partial charge in [0, 0.05) is 17.6 Å². The second kappa shape index (κ2) is 5.93. The van der Waals surface area contributed by atoms with Gasteiger partial charge in [0.15, 0.2) is 0 Å². The summed E-state index contributed by atoms with van der Waals surface area (Å²) in [7, 11) is 1.50. The maximum atomic E-state index is 12.8. The van der Waals surface area contributed by atoms with Crippen LogP contribution in [0.2, 0.25) is 0 Å². The van der Waals surface area contributed by atoms with E-state index < -0.39 is 11.7 Å². The lowest BCUT2D eigenvalue weighted by molar-refractivity contribution is -0.137. The van der Waals surface area contributed by atoms with E-state index >= 15 is 0 Å². The molecule has 0 bridgehead atoms. The molecule has 7 heteroatoms. The molecule has 0 saturated heterocycles. The van der Waals surface area contributed by atoms with Gasteiger partial charge in [-0.25, -0.2) is 0 Å². The van der Waals surface area contributed by atoms with Gasteiger partial charge in [0.2, 0.25) is 5.88 Å². The van der Waals surface area contributed by atoms with Gasteiger partial charge in [-0.3, -0.25) is 0 Å². The standard InChI is InChI=1S/C14H12BrF3N2O/c1-8-5-10(3-4-11(8)15)21-13-7-9(14(16,17)18)6-12(19-2)20-13/h3-7H,1-2H3,(H,19,20). The number of halogens is 4. The number of nitrogens with zero attached hydrogens (tertiary/aromatic N) is 1. The van der Waals surface area contributed by atoms with Gasteiger partial charge in [-0.05, 0) is 36.8 Å². The number of nitrogens with one attached hydrogen (secondary N) is 1. The van der Waals surface area contributed by atoms with Crippen molar-refractivity contribution in [1.29, 1.82) is 0 Å². The first kappa shape index (κ1) is 15.6. The van der Waals surface area contributed by atoms with Crippen LogP contribution in [0.5, 0.6) is 11.6 Å². The number of benzene rings is 1. The molecule has 0 atom stereocenters. The first-order valence-electron chi connectivity index (χ1n) is 6.00. The first-order chi connectivity index (χ1) is 9.79. The molecule has 3 nitrogen and oxygen atoms in total. The van der Waals surface area contributed by atoms with E-state index in [0.29, 0.717) is 5.75 Å². The minimum absolute atomic E-state index is 0.0914. The highest BCUT2D eigenvalue weighted by Gasteiger charge is 2.32.